The Morgan fingerprint density at radius 3 is 1.86 bits per heavy atom. The van der Waals surface area contributed by atoms with Crippen LogP contribution in [-0.4, -0.2) is 35.0 Å². The summed E-state index contributed by atoms with van der Waals surface area (Å²) >= 11 is 0. The van der Waals surface area contributed by atoms with Gasteiger partial charge in [0, 0.05) is 5.56 Å². The summed E-state index contributed by atoms with van der Waals surface area (Å²) in [7, 11) is 0. The highest BCUT2D eigenvalue weighted by molar-refractivity contribution is 6.01. The van der Waals surface area contributed by atoms with E-state index in [2.05, 4.69) is 13.8 Å². The Hall–Kier alpha value is -2.89. The summed E-state index contributed by atoms with van der Waals surface area (Å²) < 4.78 is 11.4. The van der Waals surface area contributed by atoms with E-state index in [1.54, 1.807) is 50.2 Å². The first-order valence-electron chi connectivity index (χ1n) is 15.9. The number of phenolic OH excluding ortho intramolecular Hbond substituents is 1. The number of ketones is 1. The molecule has 6 rings (SSSR count). The van der Waals surface area contributed by atoms with Crippen molar-refractivity contribution >= 4 is 28.5 Å². The van der Waals surface area contributed by atoms with Crippen molar-refractivity contribution in [3.63, 3.8) is 0 Å². The Balaban J connectivity index is 0.000000193. The minimum Gasteiger partial charge on any atom is -0.508 e. The number of phenols is 1. The monoisotopic (exact) mass is 578 g/mol. The molecule has 4 aliphatic carbocycles. The van der Waals surface area contributed by atoms with E-state index in [1.807, 2.05) is 20.8 Å². The third-order valence-corrected chi connectivity index (χ3v) is 10.7. The number of aromatic hydroxyl groups is 1. The molecule has 0 heterocycles. The first-order chi connectivity index (χ1) is 19.7. The van der Waals surface area contributed by atoms with E-state index in [-0.39, 0.29) is 41.1 Å². The lowest BCUT2D eigenvalue weighted by Crippen LogP contribution is -2.60. The highest BCUT2D eigenvalue weighted by atomic mass is 16.6. The molecule has 4 bridgehead atoms. The van der Waals surface area contributed by atoms with Crippen molar-refractivity contribution in [1.82, 2.24) is 0 Å². The third-order valence-electron chi connectivity index (χ3n) is 10.7. The molecule has 230 valence electrons. The standard InChI is InChI=1S/C18H20O4.C18H30O2/c1-4-18(2,3)17(21)22-11-16(20)14-6-5-13-10-15(19)8-7-12(13)9-14;1-5-17(3,4)16(19)20-18(6-2)14-8-12-7-13(10-14)11-15(18)9-12/h5-10,19H,4,11H2,1-3H3;12-15H,5-11H2,1-4H3. The second-order valence-electron chi connectivity index (χ2n) is 14.2. The Kier molecular flexibility index (Phi) is 9.44. The molecule has 0 saturated heterocycles. The smallest absolute Gasteiger partial charge is 0.312 e. The average Bonchev–Trinajstić information content (AvgIpc) is 2.97. The zero-order valence-electron chi connectivity index (χ0n) is 26.6. The Morgan fingerprint density at radius 1 is 0.786 bits per heavy atom. The van der Waals surface area contributed by atoms with E-state index in [0.29, 0.717) is 23.8 Å². The summed E-state index contributed by atoms with van der Waals surface area (Å²) in [6.07, 6.45) is 9.18. The van der Waals surface area contributed by atoms with E-state index in [1.165, 1.54) is 32.1 Å². The summed E-state index contributed by atoms with van der Waals surface area (Å²) in [5.74, 6) is 2.74. The van der Waals surface area contributed by atoms with Crippen LogP contribution in [0.1, 0.15) is 110 Å². The number of carbonyl (C=O) groups excluding carboxylic acids is 3. The minimum atomic E-state index is -0.582. The summed E-state index contributed by atoms with van der Waals surface area (Å²) in [6.45, 7) is 13.6. The maximum absolute atomic E-state index is 12.6. The van der Waals surface area contributed by atoms with Crippen LogP contribution in [0.4, 0.5) is 0 Å². The number of fused-ring (bicyclic) bond motifs is 1. The number of rotatable bonds is 9. The van der Waals surface area contributed by atoms with Crippen LogP contribution in [0.5, 0.6) is 5.75 Å². The molecule has 0 aromatic heterocycles. The molecule has 6 nitrogen and oxygen atoms in total. The number of ether oxygens (including phenoxy) is 2. The summed E-state index contributed by atoms with van der Waals surface area (Å²) in [4.78, 5) is 36.7. The van der Waals surface area contributed by atoms with Crippen LogP contribution in [0, 0.1) is 34.5 Å². The third kappa shape index (κ3) is 6.53. The number of carbonyl (C=O) groups is 3. The van der Waals surface area contributed by atoms with Gasteiger partial charge in [0.1, 0.15) is 11.4 Å². The van der Waals surface area contributed by atoms with Crippen LogP contribution in [0.3, 0.4) is 0 Å². The molecule has 0 unspecified atom stereocenters. The van der Waals surface area contributed by atoms with Gasteiger partial charge in [-0.3, -0.25) is 14.4 Å². The zero-order valence-corrected chi connectivity index (χ0v) is 26.6. The van der Waals surface area contributed by atoms with Crippen LogP contribution in [-0.2, 0) is 19.1 Å². The minimum absolute atomic E-state index is 0.0364. The Labute approximate surface area is 251 Å². The van der Waals surface area contributed by atoms with Crippen molar-refractivity contribution in [3.05, 3.63) is 42.0 Å². The molecule has 0 radical (unpaired) electrons. The molecule has 42 heavy (non-hydrogen) atoms. The highest BCUT2D eigenvalue weighted by Gasteiger charge is 2.59. The number of hydrogen-bond acceptors (Lipinski definition) is 6. The molecule has 0 spiro atoms. The average molecular weight is 579 g/mol. The van der Waals surface area contributed by atoms with Crippen LogP contribution in [0.25, 0.3) is 10.8 Å². The van der Waals surface area contributed by atoms with E-state index in [0.717, 1.165) is 35.4 Å². The fraction of sp³-hybridized carbons (Fsp3) is 0.639. The second kappa shape index (κ2) is 12.4. The SMILES string of the molecule is CCC(C)(C)C(=O)OC1(CC)C2CC3CC(C2)CC1C3.CCC(C)(C)C(=O)OCC(=O)c1ccc2cc(O)ccc2c1. The van der Waals surface area contributed by atoms with Crippen molar-refractivity contribution < 1.29 is 29.0 Å². The van der Waals surface area contributed by atoms with Crippen LogP contribution in [0.2, 0.25) is 0 Å². The highest BCUT2D eigenvalue weighted by Crippen LogP contribution is 2.61. The van der Waals surface area contributed by atoms with E-state index >= 15 is 0 Å². The van der Waals surface area contributed by atoms with Gasteiger partial charge in [0.25, 0.3) is 0 Å². The normalized spacial score (nSPS) is 26.4. The fourth-order valence-corrected chi connectivity index (χ4v) is 7.21. The maximum Gasteiger partial charge on any atom is 0.312 e. The predicted molar refractivity (Wildman–Crippen MR) is 165 cm³/mol. The quantitative estimate of drug-likeness (QED) is 0.238. The summed E-state index contributed by atoms with van der Waals surface area (Å²) in [5.41, 5.74) is -0.560. The van der Waals surface area contributed by atoms with Crippen LogP contribution in [0.15, 0.2) is 36.4 Å². The molecule has 1 N–H and O–H groups in total. The van der Waals surface area contributed by atoms with E-state index < -0.39 is 5.41 Å². The molecule has 4 saturated carbocycles. The van der Waals surface area contributed by atoms with Gasteiger partial charge < -0.3 is 14.6 Å². The van der Waals surface area contributed by atoms with Crippen molar-refractivity contribution in [2.75, 3.05) is 6.61 Å². The van der Waals surface area contributed by atoms with E-state index in [4.69, 9.17) is 9.47 Å². The number of hydrogen-bond donors (Lipinski definition) is 1. The van der Waals surface area contributed by atoms with Gasteiger partial charge in [-0.2, -0.15) is 0 Å². The second-order valence-corrected chi connectivity index (χ2v) is 14.2. The van der Waals surface area contributed by atoms with Gasteiger partial charge in [0.05, 0.1) is 10.8 Å². The van der Waals surface area contributed by atoms with Crippen LogP contribution < -0.4 is 0 Å². The van der Waals surface area contributed by atoms with Gasteiger partial charge in [0.15, 0.2) is 12.4 Å². The van der Waals surface area contributed by atoms with Crippen LogP contribution >= 0.6 is 0 Å². The topological polar surface area (TPSA) is 89.9 Å². The predicted octanol–water partition coefficient (Wildman–Crippen LogP) is 8.28. The van der Waals surface area contributed by atoms with Crippen molar-refractivity contribution in [2.24, 2.45) is 34.5 Å². The van der Waals surface area contributed by atoms with Gasteiger partial charge in [-0.1, -0.05) is 39.0 Å². The molecule has 0 atom stereocenters. The lowest BCUT2D eigenvalue weighted by molar-refractivity contribution is -0.218. The van der Waals surface area contributed by atoms with Gasteiger partial charge >= 0.3 is 11.9 Å². The maximum atomic E-state index is 12.6. The number of Topliss-reactive ketones (excluding diaryl/α,β-unsaturated/α-hetero) is 1. The van der Waals surface area contributed by atoms with E-state index in [9.17, 15) is 19.5 Å². The molecule has 4 fully saturated rings. The van der Waals surface area contributed by atoms with Crippen molar-refractivity contribution in [1.29, 1.82) is 0 Å². The first-order valence-corrected chi connectivity index (χ1v) is 15.9. The number of benzene rings is 2. The van der Waals surface area contributed by atoms with Crippen molar-refractivity contribution in [2.45, 2.75) is 105 Å². The first kappa shape index (κ1) is 32.0. The molecule has 0 aliphatic heterocycles. The van der Waals surface area contributed by atoms with Gasteiger partial charge in [-0.15, -0.1) is 0 Å². The van der Waals surface area contributed by atoms with Gasteiger partial charge in [0.2, 0.25) is 0 Å². The molecule has 2 aromatic rings. The fourth-order valence-electron chi connectivity index (χ4n) is 7.21. The van der Waals surface area contributed by atoms with Crippen molar-refractivity contribution in [3.8, 4) is 5.75 Å². The lowest BCUT2D eigenvalue weighted by atomic mass is 9.49. The van der Waals surface area contributed by atoms with Gasteiger partial charge in [-0.25, -0.2) is 0 Å². The molecular formula is C36H50O6. The molecule has 6 heteroatoms. The Morgan fingerprint density at radius 2 is 1.31 bits per heavy atom. The summed E-state index contributed by atoms with van der Waals surface area (Å²) in [6, 6.07) is 10.1. The molecule has 4 aliphatic rings. The summed E-state index contributed by atoms with van der Waals surface area (Å²) in [5, 5.41) is 11.1. The lowest BCUT2D eigenvalue weighted by Gasteiger charge is -2.60. The number of esters is 2. The van der Waals surface area contributed by atoms with Gasteiger partial charge in [-0.05, 0) is 132 Å². The zero-order chi connectivity index (χ0) is 30.9. The molecule has 2 aromatic carbocycles. The molecule has 0 amide bonds. The largest absolute Gasteiger partial charge is 0.508 e. The Bertz CT molecular complexity index is 1280. The molecular weight excluding hydrogens is 528 g/mol.